The second kappa shape index (κ2) is 6.85. The molecule has 0 atom stereocenters. The third-order valence-corrected chi connectivity index (χ3v) is 5.15. The zero-order valence-electron chi connectivity index (χ0n) is 14.3. The maximum atomic E-state index is 6.20. The van der Waals surface area contributed by atoms with E-state index in [0.29, 0.717) is 29.7 Å². The fraction of sp³-hybridized carbons (Fsp3) is 0.211. The van der Waals surface area contributed by atoms with Gasteiger partial charge in [-0.05, 0) is 49.2 Å². The molecule has 4 aromatic rings. The summed E-state index contributed by atoms with van der Waals surface area (Å²) in [5.74, 6) is 1.19. The van der Waals surface area contributed by atoms with Crippen LogP contribution < -0.4 is 0 Å². The van der Waals surface area contributed by atoms with Crippen LogP contribution >= 0.6 is 27.5 Å². The van der Waals surface area contributed by atoms with Gasteiger partial charge in [-0.1, -0.05) is 38.8 Å². The number of aryl methyl sites for hydroxylation is 2. The second-order valence-corrected chi connectivity index (χ2v) is 7.55. The zero-order chi connectivity index (χ0) is 18.3. The van der Waals surface area contributed by atoms with Gasteiger partial charge in [0.25, 0.3) is 0 Å². The first-order chi connectivity index (χ1) is 12.5. The number of aromatic nitrogens is 4. The first-order valence-corrected chi connectivity index (χ1v) is 9.37. The number of rotatable bonds is 4. The molecule has 0 spiro atoms. The Morgan fingerprint density at radius 2 is 1.96 bits per heavy atom. The second-order valence-electron chi connectivity index (χ2n) is 6.28. The first kappa shape index (κ1) is 17.2. The predicted octanol–water partition coefficient (Wildman–Crippen LogP) is 5.16. The van der Waals surface area contributed by atoms with Gasteiger partial charge in [0, 0.05) is 33.2 Å². The van der Waals surface area contributed by atoms with E-state index in [0.717, 1.165) is 37.9 Å². The number of aromatic amines is 1. The first-order valence-electron chi connectivity index (χ1n) is 8.20. The lowest BCUT2D eigenvalue weighted by Gasteiger charge is -2.01. The van der Waals surface area contributed by atoms with E-state index in [1.807, 2.05) is 25.1 Å². The zero-order valence-corrected chi connectivity index (χ0v) is 16.6. The van der Waals surface area contributed by atoms with E-state index < -0.39 is 0 Å². The van der Waals surface area contributed by atoms with Crippen molar-refractivity contribution in [2.75, 3.05) is 0 Å². The van der Waals surface area contributed by atoms with Crippen LogP contribution in [0.1, 0.15) is 34.2 Å². The van der Waals surface area contributed by atoms with Crippen LogP contribution in [-0.4, -0.2) is 20.1 Å². The minimum Gasteiger partial charge on any atom is -0.358 e. The molecule has 0 fully saturated rings. The standard InChI is InChI=1S/C19H16BrClN4O/c1-10-3-4-12(19(21)22-10)7-17-24-18(26-25-17)9-14-11(2)23-16-6-5-13(20)8-15(14)16/h3-6,8,23H,7,9H2,1-2H3. The maximum absolute atomic E-state index is 6.20. The van der Waals surface area contributed by atoms with Gasteiger partial charge in [-0.3, -0.25) is 0 Å². The van der Waals surface area contributed by atoms with Crippen LogP contribution in [0.5, 0.6) is 0 Å². The summed E-state index contributed by atoms with van der Waals surface area (Å²) in [7, 11) is 0. The van der Waals surface area contributed by atoms with Gasteiger partial charge >= 0.3 is 0 Å². The van der Waals surface area contributed by atoms with Crippen molar-refractivity contribution in [2.24, 2.45) is 0 Å². The smallest absolute Gasteiger partial charge is 0.231 e. The van der Waals surface area contributed by atoms with Gasteiger partial charge < -0.3 is 9.51 Å². The molecule has 0 aliphatic carbocycles. The van der Waals surface area contributed by atoms with Crippen LogP contribution in [0.3, 0.4) is 0 Å². The van der Waals surface area contributed by atoms with E-state index in [1.165, 1.54) is 0 Å². The van der Waals surface area contributed by atoms with Crippen molar-refractivity contribution in [2.45, 2.75) is 26.7 Å². The van der Waals surface area contributed by atoms with Crippen molar-refractivity contribution in [3.8, 4) is 0 Å². The number of pyridine rings is 1. The Bertz CT molecular complexity index is 1100. The van der Waals surface area contributed by atoms with Gasteiger partial charge in [-0.15, -0.1) is 0 Å². The molecule has 0 saturated heterocycles. The van der Waals surface area contributed by atoms with Gasteiger partial charge in [0.1, 0.15) is 5.15 Å². The Morgan fingerprint density at radius 1 is 1.12 bits per heavy atom. The van der Waals surface area contributed by atoms with E-state index in [4.69, 9.17) is 16.1 Å². The van der Waals surface area contributed by atoms with Gasteiger partial charge in [-0.25, -0.2) is 4.98 Å². The van der Waals surface area contributed by atoms with Gasteiger partial charge in [0.05, 0.1) is 6.42 Å². The van der Waals surface area contributed by atoms with Crippen LogP contribution in [-0.2, 0) is 12.8 Å². The Balaban J connectivity index is 1.59. The van der Waals surface area contributed by atoms with Crippen LogP contribution in [0.2, 0.25) is 5.15 Å². The fourth-order valence-corrected chi connectivity index (χ4v) is 3.65. The SMILES string of the molecule is Cc1ccc(Cc2noc(Cc3c(C)[nH]c4ccc(Br)cc34)n2)c(Cl)n1. The lowest BCUT2D eigenvalue weighted by atomic mass is 10.1. The van der Waals surface area contributed by atoms with Crippen LogP contribution in [0, 0.1) is 13.8 Å². The molecule has 1 N–H and O–H groups in total. The molecule has 132 valence electrons. The van der Waals surface area contributed by atoms with E-state index in [9.17, 15) is 0 Å². The topological polar surface area (TPSA) is 67.6 Å². The fourth-order valence-electron chi connectivity index (χ4n) is 3.02. The number of halogens is 2. The molecule has 4 rings (SSSR count). The number of benzene rings is 1. The molecular weight excluding hydrogens is 416 g/mol. The molecule has 1 aromatic carbocycles. The average molecular weight is 432 g/mol. The van der Waals surface area contributed by atoms with Crippen LogP contribution in [0.4, 0.5) is 0 Å². The number of fused-ring (bicyclic) bond motifs is 1. The molecule has 0 unspecified atom stereocenters. The van der Waals surface area contributed by atoms with Crippen molar-refractivity contribution in [1.29, 1.82) is 0 Å². The van der Waals surface area contributed by atoms with Gasteiger partial charge in [0.2, 0.25) is 5.89 Å². The molecule has 0 radical (unpaired) electrons. The van der Waals surface area contributed by atoms with E-state index in [-0.39, 0.29) is 0 Å². The Hall–Kier alpha value is -2.18. The van der Waals surface area contributed by atoms with Crippen LogP contribution in [0.15, 0.2) is 39.3 Å². The quantitative estimate of drug-likeness (QED) is 0.453. The highest BCUT2D eigenvalue weighted by atomic mass is 79.9. The number of hydrogen-bond donors (Lipinski definition) is 1. The lowest BCUT2D eigenvalue weighted by molar-refractivity contribution is 0.380. The predicted molar refractivity (Wildman–Crippen MR) is 105 cm³/mol. The van der Waals surface area contributed by atoms with E-state index >= 15 is 0 Å². The van der Waals surface area contributed by atoms with Gasteiger partial charge in [0.15, 0.2) is 5.82 Å². The summed E-state index contributed by atoms with van der Waals surface area (Å²) >= 11 is 9.73. The Morgan fingerprint density at radius 3 is 2.77 bits per heavy atom. The van der Waals surface area contributed by atoms with Crippen molar-refractivity contribution >= 4 is 38.4 Å². The van der Waals surface area contributed by atoms with Crippen LogP contribution in [0.25, 0.3) is 10.9 Å². The highest BCUT2D eigenvalue weighted by molar-refractivity contribution is 9.10. The summed E-state index contributed by atoms with van der Waals surface area (Å²) in [5.41, 5.74) is 5.12. The molecule has 0 aliphatic heterocycles. The molecule has 0 saturated carbocycles. The summed E-state index contributed by atoms with van der Waals surface area (Å²) in [6, 6.07) is 10.0. The van der Waals surface area contributed by atoms with Crippen molar-refractivity contribution in [3.63, 3.8) is 0 Å². The molecule has 0 bridgehead atoms. The third-order valence-electron chi connectivity index (χ3n) is 4.33. The monoisotopic (exact) mass is 430 g/mol. The molecule has 3 aromatic heterocycles. The highest BCUT2D eigenvalue weighted by Gasteiger charge is 2.15. The molecule has 5 nitrogen and oxygen atoms in total. The normalized spacial score (nSPS) is 11.4. The Kier molecular flexibility index (Phi) is 4.54. The minimum atomic E-state index is 0.480. The van der Waals surface area contributed by atoms with Crippen molar-refractivity contribution in [1.82, 2.24) is 20.1 Å². The summed E-state index contributed by atoms with van der Waals surface area (Å²) in [4.78, 5) is 12.2. The maximum Gasteiger partial charge on any atom is 0.231 e. The molecule has 3 heterocycles. The molecule has 0 amide bonds. The summed E-state index contributed by atoms with van der Waals surface area (Å²) in [5, 5.41) is 5.73. The summed E-state index contributed by atoms with van der Waals surface area (Å²) in [6.45, 7) is 3.96. The number of nitrogens with one attached hydrogen (secondary N) is 1. The molecular formula is C19H16BrClN4O. The van der Waals surface area contributed by atoms with E-state index in [1.54, 1.807) is 0 Å². The molecule has 0 aliphatic rings. The minimum absolute atomic E-state index is 0.480. The van der Waals surface area contributed by atoms with Crippen molar-refractivity contribution in [3.05, 3.63) is 74.2 Å². The highest BCUT2D eigenvalue weighted by Crippen LogP contribution is 2.27. The number of H-pyrrole nitrogens is 1. The number of nitrogens with zero attached hydrogens (tertiary/aromatic N) is 3. The summed E-state index contributed by atoms with van der Waals surface area (Å²) in [6.07, 6.45) is 1.07. The number of hydrogen-bond acceptors (Lipinski definition) is 4. The average Bonchev–Trinajstić information content (AvgIpc) is 3.16. The largest absolute Gasteiger partial charge is 0.358 e. The Labute approximate surface area is 163 Å². The molecule has 7 heteroatoms. The summed E-state index contributed by atoms with van der Waals surface area (Å²) < 4.78 is 6.50. The third kappa shape index (κ3) is 3.39. The lowest BCUT2D eigenvalue weighted by Crippen LogP contribution is -1.96. The van der Waals surface area contributed by atoms with Crippen molar-refractivity contribution < 1.29 is 4.52 Å². The van der Waals surface area contributed by atoms with Gasteiger partial charge in [-0.2, -0.15) is 4.98 Å². The molecule has 26 heavy (non-hydrogen) atoms. The van der Waals surface area contributed by atoms with E-state index in [2.05, 4.69) is 55.1 Å².